The second kappa shape index (κ2) is 9.51. The van der Waals surface area contributed by atoms with Crippen molar-refractivity contribution < 1.29 is 18.0 Å². The highest BCUT2D eigenvalue weighted by atomic mass is 35.5. The second-order valence-corrected chi connectivity index (χ2v) is 10.4. The predicted octanol–water partition coefficient (Wildman–Crippen LogP) is 2.93. The number of sulfonamides is 1. The molecule has 2 amide bonds. The zero-order valence-electron chi connectivity index (χ0n) is 15.7. The molecule has 0 aliphatic rings. The van der Waals surface area contributed by atoms with Gasteiger partial charge in [0.25, 0.3) is 10.0 Å². The topological polar surface area (TPSA) is 95.6 Å². The van der Waals surface area contributed by atoms with Crippen LogP contribution in [0.15, 0.2) is 40.6 Å². The van der Waals surface area contributed by atoms with Crippen LogP contribution in [0.25, 0.3) is 0 Å². The summed E-state index contributed by atoms with van der Waals surface area (Å²) in [6.45, 7) is 3.56. The highest BCUT2D eigenvalue weighted by Gasteiger charge is 2.24. The fourth-order valence-electron chi connectivity index (χ4n) is 2.13. The maximum absolute atomic E-state index is 12.4. The van der Waals surface area contributed by atoms with Crippen LogP contribution in [-0.4, -0.2) is 38.1 Å². The first-order valence-electron chi connectivity index (χ1n) is 8.48. The van der Waals surface area contributed by atoms with Crippen molar-refractivity contribution in [3.05, 3.63) is 46.3 Å². The van der Waals surface area contributed by atoms with Gasteiger partial charge >= 0.3 is 0 Å². The van der Waals surface area contributed by atoms with Crippen LogP contribution in [0.4, 0.5) is 5.69 Å². The van der Waals surface area contributed by atoms with E-state index in [1.807, 2.05) is 13.8 Å². The molecule has 0 saturated heterocycles. The SMILES string of the molecule is CC(C)C(=O)Nc1ccc(CNC(=O)CN(C)S(=O)(=O)c2ccc(Cl)s2)cc1. The van der Waals surface area contributed by atoms with Crippen LogP contribution in [0.3, 0.4) is 0 Å². The Morgan fingerprint density at radius 3 is 2.32 bits per heavy atom. The van der Waals surface area contributed by atoms with Gasteiger partial charge in [-0.3, -0.25) is 9.59 Å². The molecule has 0 aliphatic carbocycles. The minimum absolute atomic E-state index is 0.0719. The van der Waals surface area contributed by atoms with E-state index in [1.165, 1.54) is 19.2 Å². The number of nitrogens with zero attached hydrogens (tertiary/aromatic N) is 1. The second-order valence-electron chi connectivity index (χ2n) is 6.44. The minimum atomic E-state index is -3.75. The van der Waals surface area contributed by atoms with Crippen molar-refractivity contribution in [2.75, 3.05) is 18.9 Å². The fraction of sp³-hybridized carbons (Fsp3) is 0.333. The number of halogens is 1. The predicted molar refractivity (Wildman–Crippen MR) is 111 cm³/mol. The number of thiophene rings is 1. The molecule has 0 bridgehead atoms. The summed E-state index contributed by atoms with van der Waals surface area (Å²) in [7, 11) is -2.41. The molecule has 10 heteroatoms. The van der Waals surface area contributed by atoms with Gasteiger partial charge in [-0.05, 0) is 29.8 Å². The summed E-state index contributed by atoms with van der Waals surface area (Å²) in [5.74, 6) is -0.610. The Morgan fingerprint density at radius 1 is 1.14 bits per heavy atom. The molecule has 1 aromatic carbocycles. The van der Waals surface area contributed by atoms with Gasteiger partial charge in [-0.25, -0.2) is 8.42 Å². The summed E-state index contributed by atoms with van der Waals surface area (Å²) >= 11 is 6.72. The monoisotopic (exact) mass is 443 g/mol. The van der Waals surface area contributed by atoms with Gasteiger partial charge in [0.2, 0.25) is 11.8 Å². The summed E-state index contributed by atoms with van der Waals surface area (Å²) in [4.78, 5) is 23.8. The van der Waals surface area contributed by atoms with Gasteiger partial charge in [0, 0.05) is 25.2 Å². The first-order valence-corrected chi connectivity index (χ1v) is 11.1. The maximum Gasteiger partial charge on any atom is 0.252 e. The molecule has 0 radical (unpaired) electrons. The molecular weight excluding hydrogens is 422 g/mol. The average molecular weight is 444 g/mol. The first kappa shape index (κ1) is 22.4. The third-order valence-electron chi connectivity index (χ3n) is 3.81. The van der Waals surface area contributed by atoms with Gasteiger partial charge in [-0.1, -0.05) is 37.6 Å². The number of carbonyl (C=O) groups is 2. The molecule has 2 aromatic rings. The molecule has 0 saturated carbocycles. The van der Waals surface area contributed by atoms with Crippen molar-refractivity contribution in [1.29, 1.82) is 0 Å². The van der Waals surface area contributed by atoms with E-state index in [0.717, 1.165) is 21.2 Å². The van der Waals surface area contributed by atoms with E-state index in [9.17, 15) is 18.0 Å². The third-order valence-corrected chi connectivity index (χ3v) is 7.32. The largest absolute Gasteiger partial charge is 0.351 e. The molecular formula is C18H22ClN3O4S2. The molecule has 1 heterocycles. The standard InChI is InChI=1S/C18H22ClN3O4S2/c1-12(2)18(24)21-14-6-4-13(5-7-14)10-20-16(23)11-22(3)28(25,26)17-9-8-15(19)27-17/h4-9,12H,10-11H2,1-3H3,(H,20,23)(H,21,24). The van der Waals surface area contributed by atoms with Crippen LogP contribution >= 0.6 is 22.9 Å². The number of carbonyl (C=O) groups excluding carboxylic acids is 2. The number of hydrogen-bond donors (Lipinski definition) is 2. The highest BCUT2D eigenvalue weighted by molar-refractivity contribution is 7.91. The molecule has 2 N–H and O–H groups in total. The normalized spacial score (nSPS) is 11.6. The number of hydrogen-bond acceptors (Lipinski definition) is 5. The molecule has 0 atom stereocenters. The Labute approximate surface area is 173 Å². The van der Waals surface area contributed by atoms with Crippen molar-refractivity contribution >= 4 is 50.5 Å². The van der Waals surface area contributed by atoms with Crippen molar-refractivity contribution in [1.82, 2.24) is 9.62 Å². The van der Waals surface area contributed by atoms with Gasteiger partial charge in [0.1, 0.15) is 4.21 Å². The molecule has 0 fully saturated rings. The van der Waals surface area contributed by atoms with Gasteiger partial charge in [-0.2, -0.15) is 4.31 Å². The number of rotatable bonds is 8. The number of benzene rings is 1. The lowest BCUT2D eigenvalue weighted by atomic mass is 10.1. The molecule has 0 unspecified atom stereocenters. The zero-order valence-corrected chi connectivity index (χ0v) is 18.1. The van der Waals surface area contributed by atoms with Crippen LogP contribution in [0.1, 0.15) is 19.4 Å². The van der Waals surface area contributed by atoms with E-state index in [1.54, 1.807) is 24.3 Å². The fourth-order valence-corrected chi connectivity index (χ4v) is 4.95. The molecule has 0 aliphatic heterocycles. The Bertz CT molecular complexity index is 940. The molecule has 28 heavy (non-hydrogen) atoms. The van der Waals surface area contributed by atoms with E-state index in [2.05, 4.69) is 10.6 Å². The van der Waals surface area contributed by atoms with Crippen LogP contribution in [0, 0.1) is 5.92 Å². The zero-order chi connectivity index (χ0) is 20.9. The van der Waals surface area contributed by atoms with Crippen molar-refractivity contribution in [3.8, 4) is 0 Å². The molecule has 0 spiro atoms. The molecule has 2 rings (SSSR count). The van der Waals surface area contributed by atoms with E-state index in [-0.39, 0.29) is 29.1 Å². The van der Waals surface area contributed by atoms with Crippen molar-refractivity contribution in [2.24, 2.45) is 5.92 Å². The number of likely N-dealkylation sites (N-methyl/N-ethyl adjacent to an activating group) is 1. The quantitative estimate of drug-likeness (QED) is 0.655. The Kier molecular flexibility index (Phi) is 7.59. The smallest absolute Gasteiger partial charge is 0.252 e. The Morgan fingerprint density at radius 2 is 1.79 bits per heavy atom. The first-order chi connectivity index (χ1) is 13.1. The average Bonchev–Trinajstić information content (AvgIpc) is 3.08. The summed E-state index contributed by atoms with van der Waals surface area (Å²) in [5, 5.41) is 5.47. The lowest BCUT2D eigenvalue weighted by Gasteiger charge is -2.15. The van der Waals surface area contributed by atoms with E-state index in [4.69, 9.17) is 11.6 Å². The van der Waals surface area contributed by atoms with Crippen LogP contribution in [0.2, 0.25) is 4.34 Å². The van der Waals surface area contributed by atoms with Crippen LogP contribution in [-0.2, 0) is 26.2 Å². The summed E-state index contributed by atoms with van der Waals surface area (Å²) in [6, 6.07) is 9.98. The van der Waals surface area contributed by atoms with Gasteiger partial charge in [0.05, 0.1) is 10.9 Å². The maximum atomic E-state index is 12.4. The molecule has 1 aromatic heterocycles. The molecule has 7 nitrogen and oxygen atoms in total. The van der Waals surface area contributed by atoms with Crippen LogP contribution in [0.5, 0.6) is 0 Å². The number of nitrogens with one attached hydrogen (secondary N) is 2. The van der Waals surface area contributed by atoms with E-state index < -0.39 is 15.9 Å². The lowest BCUT2D eigenvalue weighted by molar-refractivity contribution is -0.121. The summed E-state index contributed by atoms with van der Waals surface area (Å²) < 4.78 is 26.2. The summed E-state index contributed by atoms with van der Waals surface area (Å²) in [5.41, 5.74) is 1.50. The minimum Gasteiger partial charge on any atom is -0.351 e. The number of anilines is 1. The highest BCUT2D eigenvalue weighted by Crippen LogP contribution is 2.27. The van der Waals surface area contributed by atoms with Gasteiger partial charge in [-0.15, -0.1) is 11.3 Å². The van der Waals surface area contributed by atoms with Crippen LogP contribution < -0.4 is 10.6 Å². The lowest BCUT2D eigenvalue weighted by Crippen LogP contribution is -2.37. The van der Waals surface area contributed by atoms with Crippen molar-refractivity contribution in [3.63, 3.8) is 0 Å². The summed E-state index contributed by atoms with van der Waals surface area (Å²) in [6.07, 6.45) is 0. The van der Waals surface area contributed by atoms with Crippen molar-refractivity contribution in [2.45, 2.75) is 24.6 Å². The van der Waals surface area contributed by atoms with Gasteiger partial charge in [0.15, 0.2) is 0 Å². The Balaban J connectivity index is 1.87. The number of amides is 2. The third kappa shape index (κ3) is 6.03. The van der Waals surface area contributed by atoms with E-state index in [0.29, 0.717) is 10.0 Å². The van der Waals surface area contributed by atoms with Gasteiger partial charge < -0.3 is 10.6 Å². The molecule has 152 valence electrons. The Hall–Kier alpha value is -1.94. The van der Waals surface area contributed by atoms with E-state index >= 15 is 0 Å².